The summed E-state index contributed by atoms with van der Waals surface area (Å²) in [6.07, 6.45) is 3.06. The Morgan fingerprint density at radius 2 is 1.89 bits per heavy atom. The monoisotopic (exact) mass is 515 g/mol. The van der Waals surface area contributed by atoms with Gasteiger partial charge in [0.15, 0.2) is 0 Å². The first-order valence-corrected chi connectivity index (χ1v) is 13.3. The highest BCUT2D eigenvalue weighted by atomic mass is 31.2. The van der Waals surface area contributed by atoms with E-state index in [9.17, 15) is 24.2 Å². The largest absolute Gasteiger partial charge is 0.477 e. The second-order valence-electron chi connectivity index (χ2n) is 9.40. The number of hydrogen-bond donors (Lipinski definition) is 2. The van der Waals surface area contributed by atoms with Crippen molar-refractivity contribution in [3.8, 4) is 5.75 Å². The third kappa shape index (κ3) is 4.30. The van der Waals surface area contributed by atoms with Gasteiger partial charge in [-0.2, -0.15) is 4.67 Å². The number of benzene rings is 2. The summed E-state index contributed by atoms with van der Waals surface area (Å²) in [6.45, 7) is 3.93. The molecule has 0 bridgehead atoms. The molecule has 36 heavy (non-hydrogen) atoms. The molecule has 5 rings (SSSR count). The van der Waals surface area contributed by atoms with Crippen LogP contribution in [0.4, 0.5) is 10.1 Å². The number of pyridine rings is 1. The molecule has 0 spiro atoms. The summed E-state index contributed by atoms with van der Waals surface area (Å²) < 4.78 is 37.2. The average molecular weight is 515 g/mol. The van der Waals surface area contributed by atoms with Crippen LogP contribution >= 0.6 is 7.75 Å². The molecule has 2 atom stereocenters. The molecule has 1 aliphatic heterocycles. The maximum absolute atomic E-state index is 15.6. The second-order valence-corrected chi connectivity index (χ2v) is 11.1. The number of aryl methyl sites for hydroxylation is 1. The molecule has 3 aromatic rings. The van der Waals surface area contributed by atoms with E-state index in [1.165, 1.54) is 17.8 Å². The fourth-order valence-corrected chi connectivity index (χ4v) is 6.32. The number of nitrogens with zero attached hydrogens (tertiary/aromatic N) is 3. The third-order valence-electron chi connectivity index (χ3n) is 6.87. The van der Waals surface area contributed by atoms with Gasteiger partial charge >= 0.3 is 13.7 Å². The maximum Gasteiger partial charge on any atom is 0.459 e. The number of para-hydroxylation sites is 1. The van der Waals surface area contributed by atoms with Crippen LogP contribution in [0.2, 0.25) is 0 Å². The van der Waals surface area contributed by atoms with Crippen molar-refractivity contribution in [2.75, 3.05) is 24.5 Å². The lowest BCUT2D eigenvalue weighted by atomic mass is 10.0. The first-order valence-electron chi connectivity index (χ1n) is 11.8. The Kier molecular flexibility index (Phi) is 6.14. The molecular weight excluding hydrogens is 488 g/mol. The zero-order valence-corrected chi connectivity index (χ0v) is 20.8. The minimum atomic E-state index is -4.15. The second kappa shape index (κ2) is 9.03. The molecule has 0 radical (unpaired) electrons. The quantitative estimate of drug-likeness (QED) is 0.471. The predicted molar refractivity (Wildman–Crippen MR) is 133 cm³/mol. The van der Waals surface area contributed by atoms with Crippen molar-refractivity contribution in [3.63, 3.8) is 0 Å². The molecule has 190 valence electrons. The Morgan fingerprint density at radius 1 is 1.19 bits per heavy atom. The molecule has 1 saturated carbocycles. The molecule has 2 aliphatic rings. The summed E-state index contributed by atoms with van der Waals surface area (Å²) in [6, 6.07) is 9.64. The van der Waals surface area contributed by atoms with Crippen LogP contribution in [0.1, 0.15) is 41.7 Å². The lowest BCUT2D eigenvalue weighted by Gasteiger charge is -2.41. The van der Waals surface area contributed by atoms with E-state index in [-0.39, 0.29) is 53.6 Å². The number of rotatable bonds is 6. The zero-order valence-electron chi connectivity index (χ0n) is 19.9. The van der Waals surface area contributed by atoms with Gasteiger partial charge < -0.3 is 24.0 Å². The lowest BCUT2D eigenvalue weighted by Crippen LogP contribution is -2.51. The maximum atomic E-state index is 15.6. The van der Waals surface area contributed by atoms with Gasteiger partial charge in [0.25, 0.3) is 0 Å². The minimum Gasteiger partial charge on any atom is -0.477 e. The Bertz CT molecular complexity index is 1460. The van der Waals surface area contributed by atoms with Crippen LogP contribution in [0, 0.1) is 12.7 Å². The molecule has 2 heterocycles. The fraction of sp³-hybridized carbons (Fsp3) is 0.360. The normalized spacial score (nSPS) is 20.3. The third-order valence-corrected chi connectivity index (χ3v) is 8.56. The molecule has 0 amide bonds. The minimum absolute atomic E-state index is 0.0649. The van der Waals surface area contributed by atoms with E-state index in [2.05, 4.69) is 0 Å². The van der Waals surface area contributed by atoms with Gasteiger partial charge in [0, 0.05) is 43.5 Å². The highest BCUT2D eigenvalue weighted by Crippen LogP contribution is 2.49. The van der Waals surface area contributed by atoms with Crippen LogP contribution in [-0.2, 0) is 4.57 Å². The van der Waals surface area contributed by atoms with Crippen molar-refractivity contribution in [1.29, 1.82) is 0 Å². The van der Waals surface area contributed by atoms with E-state index >= 15 is 4.39 Å². The van der Waals surface area contributed by atoms with Crippen LogP contribution in [0.15, 0.2) is 47.4 Å². The summed E-state index contributed by atoms with van der Waals surface area (Å²) >= 11 is 0. The highest BCUT2D eigenvalue weighted by molar-refractivity contribution is 7.50. The van der Waals surface area contributed by atoms with Crippen molar-refractivity contribution in [3.05, 3.63) is 69.8 Å². The summed E-state index contributed by atoms with van der Waals surface area (Å²) in [5, 5.41) is 9.58. The van der Waals surface area contributed by atoms with Crippen LogP contribution in [-0.4, -0.2) is 50.9 Å². The first-order chi connectivity index (χ1) is 17.1. The Morgan fingerprint density at radius 3 is 2.50 bits per heavy atom. The van der Waals surface area contributed by atoms with Crippen LogP contribution in [0.5, 0.6) is 5.75 Å². The van der Waals surface area contributed by atoms with Gasteiger partial charge in [-0.25, -0.2) is 13.8 Å². The first kappa shape index (κ1) is 24.5. The molecule has 1 aliphatic carbocycles. The number of aromatic carboxylic acids is 1. The van der Waals surface area contributed by atoms with Gasteiger partial charge in [0.1, 0.15) is 17.1 Å². The average Bonchev–Trinajstić information content (AvgIpc) is 3.66. The van der Waals surface area contributed by atoms with E-state index in [1.54, 1.807) is 52.8 Å². The fourth-order valence-electron chi connectivity index (χ4n) is 4.90. The van der Waals surface area contributed by atoms with E-state index in [1.807, 2.05) is 0 Å². The SMILES string of the molecule is Cc1c(F)c(N2CCN(P(=O)(O)Oc3ccccc3)C(C)C2)cc2c1c(=O)c(C(=O)O)cn2C1CC1. The van der Waals surface area contributed by atoms with Gasteiger partial charge in [-0.1, -0.05) is 18.2 Å². The number of carboxylic acids is 1. The summed E-state index contributed by atoms with van der Waals surface area (Å²) in [4.78, 5) is 37.0. The number of halogens is 1. The van der Waals surface area contributed by atoms with E-state index in [4.69, 9.17) is 4.52 Å². The van der Waals surface area contributed by atoms with Gasteiger partial charge in [-0.05, 0) is 44.9 Å². The molecular formula is C25H27FN3O6P. The summed E-state index contributed by atoms with van der Waals surface area (Å²) in [7, 11) is -4.15. The smallest absolute Gasteiger partial charge is 0.459 e. The molecule has 2 unspecified atom stereocenters. The van der Waals surface area contributed by atoms with Crippen molar-refractivity contribution >= 4 is 30.3 Å². The standard InChI is InChI=1S/C25H27FN3O6P/c1-15-13-27(10-11-29(15)36(33,34)35-18-6-4-3-5-7-18)21-12-20-22(16(2)23(21)26)24(30)19(25(31)32)14-28(20)17-8-9-17/h3-7,12,14-15,17H,8-11,13H2,1-2H3,(H,31,32)(H,33,34). The summed E-state index contributed by atoms with van der Waals surface area (Å²) in [5.74, 6) is -1.65. The number of hydrogen-bond acceptors (Lipinski definition) is 5. The topological polar surface area (TPSA) is 112 Å². The van der Waals surface area contributed by atoms with E-state index in [0.717, 1.165) is 12.8 Å². The molecule has 1 aromatic heterocycles. The number of aromatic nitrogens is 1. The Balaban J connectivity index is 1.48. The Labute approximate surface area is 206 Å². The highest BCUT2D eigenvalue weighted by Gasteiger charge is 2.39. The van der Waals surface area contributed by atoms with Crippen molar-refractivity contribution in [2.24, 2.45) is 0 Å². The number of piperazine rings is 1. The molecule has 2 fully saturated rings. The van der Waals surface area contributed by atoms with E-state index in [0.29, 0.717) is 5.52 Å². The van der Waals surface area contributed by atoms with Gasteiger partial charge in [0.2, 0.25) is 5.43 Å². The van der Waals surface area contributed by atoms with Gasteiger partial charge in [0.05, 0.1) is 16.6 Å². The van der Waals surface area contributed by atoms with Gasteiger partial charge in [-0.15, -0.1) is 0 Å². The zero-order chi connectivity index (χ0) is 25.8. The number of carbonyl (C=O) groups is 1. The number of anilines is 1. The van der Waals surface area contributed by atoms with Crippen molar-refractivity contribution < 1.29 is 28.3 Å². The predicted octanol–water partition coefficient (Wildman–Crippen LogP) is 4.17. The van der Waals surface area contributed by atoms with Crippen molar-refractivity contribution in [2.45, 2.75) is 38.8 Å². The molecule has 2 aromatic carbocycles. The van der Waals surface area contributed by atoms with Gasteiger partial charge in [-0.3, -0.25) is 4.79 Å². The van der Waals surface area contributed by atoms with Crippen LogP contribution < -0.4 is 14.9 Å². The molecule has 11 heteroatoms. The Hall–Kier alpha value is -3.20. The van der Waals surface area contributed by atoms with Crippen LogP contribution in [0.25, 0.3) is 10.9 Å². The summed E-state index contributed by atoms with van der Waals surface area (Å²) in [5.41, 5.74) is -0.198. The number of fused-ring (bicyclic) bond motifs is 1. The van der Waals surface area contributed by atoms with Crippen LogP contribution in [0.3, 0.4) is 0 Å². The molecule has 9 nitrogen and oxygen atoms in total. The molecule has 1 saturated heterocycles. The molecule has 2 N–H and O–H groups in total. The van der Waals surface area contributed by atoms with Crippen molar-refractivity contribution in [1.82, 2.24) is 9.24 Å². The lowest BCUT2D eigenvalue weighted by molar-refractivity contribution is 0.0694. The number of carboxylic acid groups (broad SMARTS) is 1. The van der Waals surface area contributed by atoms with E-state index < -0.39 is 31.0 Å².